The zero-order valence-electron chi connectivity index (χ0n) is 14.4. The Kier molecular flexibility index (Phi) is 6.79. The molecule has 0 aromatic heterocycles. The molecule has 0 heterocycles. The molecule has 4 heteroatoms. The number of nitrogens with one attached hydrogen (secondary N) is 1. The van der Waals surface area contributed by atoms with Crippen LogP contribution in [0.25, 0.3) is 0 Å². The molecule has 2 aromatic carbocycles. The van der Waals surface area contributed by atoms with E-state index in [-0.39, 0.29) is 6.42 Å². The lowest BCUT2D eigenvalue weighted by Crippen LogP contribution is -2.47. The van der Waals surface area contributed by atoms with E-state index in [1.165, 1.54) is 0 Å². The summed E-state index contributed by atoms with van der Waals surface area (Å²) in [5.41, 5.74) is 0.180. The summed E-state index contributed by atoms with van der Waals surface area (Å²) in [6.45, 7) is 5.51. The minimum atomic E-state index is -1.39. The molecule has 0 aliphatic carbocycles. The predicted octanol–water partition coefficient (Wildman–Crippen LogP) is 2.49. The van der Waals surface area contributed by atoms with Gasteiger partial charge in [0.2, 0.25) is 0 Å². The number of aliphatic hydroxyl groups is 2. The van der Waals surface area contributed by atoms with Crippen molar-refractivity contribution in [3.63, 3.8) is 0 Å². The Morgan fingerprint density at radius 1 is 1.04 bits per heavy atom. The van der Waals surface area contributed by atoms with E-state index in [0.29, 0.717) is 18.7 Å². The van der Waals surface area contributed by atoms with Crippen molar-refractivity contribution in [1.29, 1.82) is 0 Å². The van der Waals surface area contributed by atoms with Gasteiger partial charge in [-0.25, -0.2) is 0 Å². The summed E-state index contributed by atoms with van der Waals surface area (Å²) in [7, 11) is 0. The van der Waals surface area contributed by atoms with Crippen molar-refractivity contribution in [2.75, 3.05) is 19.7 Å². The Balaban J connectivity index is 2.36. The summed E-state index contributed by atoms with van der Waals surface area (Å²) >= 11 is 0. The lowest BCUT2D eigenvalue weighted by atomic mass is 9.82. The third-order valence-electron chi connectivity index (χ3n) is 4.15. The van der Waals surface area contributed by atoms with Crippen LogP contribution in [-0.2, 0) is 12.0 Å². The molecular formula is C20H27NO3. The number of hydrogen-bond donors (Lipinski definition) is 3. The van der Waals surface area contributed by atoms with Gasteiger partial charge < -0.3 is 20.3 Å². The van der Waals surface area contributed by atoms with Gasteiger partial charge in [0.1, 0.15) is 11.4 Å². The van der Waals surface area contributed by atoms with Crippen molar-refractivity contribution >= 4 is 0 Å². The van der Waals surface area contributed by atoms with Crippen LogP contribution in [-0.4, -0.2) is 36.0 Å². The normalized spacial score (nSPS) is 14.8. The Labute approximate surface area is 144 Å². The number of para-hydroxylation sites is 1. The molecule has 4 nitrogen and oxygen atoms in total. The molecule has 3 N–H and O–H groups in total. The molecule has 0 radical (unpaired) electrons. The second kappa shape index (κ2) is 8.83. The van der Waals surface area contributed by atoms with Gasteiger partial charge in [-0.2, -0.15) is 0 Å². The molecule has 0 fully saturated rings. The number of likely N-dealkylation sites (N-methyl/N-ethyl adjacent to an activating group) is 1. The SMILES string of the molecule is CCNC[C@H](O)C(O)(Cc1ccccc1OCC)c1ccccc1. The largest absolute Gasteiger partial charge is 0.494 e. The maximum Gasteiger partial charge on any atom is 0.122 e. The highest BCUT2D eigenvalue weighted by atomic mass is 16.5. The standard InChI is InChI=1S/C20H27NO3/c1-3-21-15-19(22)20(23,17-11-6-5-7-12-17)14-16-10-8-9-13-18(16)24-4-2/h5-13,19,21-23H,3-4,14-15H2,1-2H3/t19-,20?/m0/s1. The molecule has 130 valence electrons. The Morgan fingerprint density at radius 3 is 2.38 bits per heavy atom. The van der Waals surface area contributed by atoms with Gasteiger partial charge >= 0.3 is 0 Å². The average Bonchev–Trinajstić information content (AvgIpc) is 2.62. The van der Waals surface area contributed by atoms with E-state index in [4.69, 9.17) is 4.74 Å². The molecule has 2 atom stereocenters. The molecule has 0 bridgehead atoms. The fourth-order valence-electron chi connectivity index (χ4n) is 2.83. The van der Waals surface area contributed by atoms with E-state index in [1.807, 2.05) is 68.4 Å². The van der Waals surface area contributed by atoms with Crippen molar-refractivity contribution in [3.8, 4) is 5.75 Å². The quantitative estimate of drug-likeness (QED) is 0.661. The van der Waals surface area contributed by atoms with Crippen LogP contribution in [0.2, 0.25) is 0 Å². The Morgan fingerprint density at radius 2 is 1.71 bits per heavy atom. The van der Waals surface area contributed by atoms with Crippen LogP contribution in [0.15, 0.2) is 54.6 Å². The monoisotopic (exact) mass is 329 g/mol. The van der Waals surface area contributed by atoms with Crippen molar-refractivity contribution in [3.05, 3.63) is 65.7 Å². The maximum atomic E-state index is 11.4. The molecule has 0 saturated heterocycles. The van der Waals surface area contributed by atoms with Gasteiger partial charge in [0.25, 0.3) is 0 Å². The van der Waals surface area contributed by atoms with Crippen LogP contribution in [0, 0.1) is 0 Å². The van der Waals surface area contributed by atoms with E-state index >= 15 is 0 Å². The predicted molar refractivity (Wildman–Crippen MR) is 96.2 cm³/mol. The van der Waals surface area contributed by atoms with Crippen LogP contribution >= 0.6 is 0 Å². The minimum absolute atomic E-state index is 0.278. The summed E-state index contributed by atoms with van der Waals surface area (Å²) < 4.78 is 5.67. The number of benzene rings is 2. The topological polar surface area (TPSA) is 61.7 Å². The van der Waals surface area contributed by atoms with E-state index < -0.39 is 11.7 Å². The molecule has 0 aliphatic rings. The van der Waals surface area contributed by atoms with Crippen molar-refractivity contribution < 1.29 is 14.9 Å². The lowest BCUT2D eigenvalue weighted by molar-refractivity contribution is -0.0789. The summed E-state index contributed by atoms with van der Waals surface area (Å²) in [6, 6.07) is 17.0. The van der Waals surface area contributed by atoms with Crippen molar-refractivity contribution in [1.82, 2.24) is 5.32 Å². The average molecular weight is 329 g/mol. The Hall–Kier alpha value is -1.88. The maximum absolute atomic E-state index is 11.4. The van der Waals surface area contributed by atoms with Crippen LogP contribution in [0.5, 0.6) is 5.75 Å². The summed E-state index contributed by atoms with van der Waals surface area (Å²) in [4.78, 5) is 0. The first-order valence-electron chi connectivity index (χ1n) is 8.49. The fourth-order valence-corrected chi connectivity index (χ4v) is 2.83. The van der Waals surface area contributed by atoms with Gasteiger partial charge in [-0.05, 0) is 30.7 Å². The smallest absolute Gasteiger partial charge is 0.122 e. The highest BCUT2D eigenvalue weighted by Crippen LogP contribution is 2.32. The first-order valence-corrected chi connectivity index (χ1v) is 8.49. The second-order valence-electron chi connectivity index (χ2n) is 5.83. The van der Waals surface area contributed by atoms with E-state index in [2.05, 4.69) is 5.32 Å². The molecule has 2 aromatic rings. The molecular weight excluding hydrogens is 302 g/mol. The lowest BCUT2D eigenvalue weighted by Gasteiger charge is -2.34. The third-order valence-corrected chi connectivity index (χ3v) is 4.15. The van der Waals surface area contributed by atoms with E-state index in [9.17, 15) is 10.2 Å². The fraction of sp³-hybridized carbons (Fsp3) is 0.400. The zero-order chi connectivity index (χ0) is 17.4. The zero-order valence-corrected chi connectivity index (χ0v) is 14.4. The minimum Gasteiger partial charge on any atom is -0.494 e. The van der Waals surface area contributed by atoms with Gasteiger partial charge in [0.05, 0.1) is 12.7 Å². The van der Waals surface area contributed by atoms with Gasteiger partial charge in [-0.15, -0.1) is 0 Å². The van der Waals surface area contributed by atoms with E-state index in [0.717, 1.165) is 17.9 Å². The number of hydrogen-bond acceptors (Lipinski definition) is 4. The molecule has 2 rings (SSSR count). The summed E-state index contributed by atoms with van der Waals surface area (Å²) in [5, 5.41) is 25.2. The number of rotatable bonds is 9. The van der Waals surface area contributed by atoms with Gasteiger partial charge in [-0.1, -0.05) is 55.5 Å². The molecule has 0 aliphatic heterocycles. The second-order valence-corrected chi connectivity index (χ2v) is 5.83. The van der Waals surface area contributed by atoms with Crippen LogP contribution < -0.4 is 10.1 Å². The van der Waals surface area contributed by atoms with E-state index in [1.54, 1.807) is 0 Å². The van der Waals surface area contributed by atoms with Crippen LogP contribution in [0.3, 0.4) is 0 Å². The first kappa shape index (κ1) is 18.5. The summed E-state index contributed by atoms with van der Waals surface area (Å²) in [6.07, 6.45) is -0.658. The van der Waals surface area contributed by atoms with Crippen LogP contribution in [0.4, 0.5) is 0 Å². The molecule has 1 unspecified atom stereocenters. The molecule has 0 spiro atoms. The Bertz CT molecular complexity index is 617. The third kappa shape index (κ3) is 4.35. The highest BCUT2D eigenvalue weighted by molar-refractivity contribution is 5.37. The number of ether oxygens (including phenoxy) is 1. The van der Waals surface area contributed by atoms with Gasteiger partial charge in [0, 0.05) is 13.0 Å². The molecule has 24 heavy (non-hydrogen) atoms. The van der Waals surface area contributed by atoms with Crippen molar-refractivity contribution in [2.24, 2.45) is 0 Å². The molecule has 0 saturated carbocycles. The number of aliphatic hydroxyl groups excluding tert-OH is 1. The summed E-state index contributed by atoms with van der Waals surface area (Å²) in [5.74, 6) is 0.741. The molecule has 0 amide bonds. The highest BCUT2D eigenvalue weighted by Gasteiger charge is 2.38. The van der Waals surface area contributed by atoms with Gasteiger partial charge in [0.15, 0.2) is 0 Å². The first-order chi connectivity index (χ1) is 11.6. The van der Waals surface area contributed by atoms with Crippen molar-refractivity contribution in [2.45, 2.75) is 32.0 Å². The van der Waals surface area contributed by atoms with Gasteiger partial charge in [-0.3, -0.25) is 0 Å². The van der Waals surface area contributed by atoms with Crippen LogP contribution in [0.1, 0.15) is 25.0 Å².